The van der Waals surface area contributed by atoms with Crippen LogP contribution in [0, 0.1) is 6.07 Å². The molecular formula is C12H16NOS. The second-order valence-electron chi connectivity index (χ2n) is 3.54. The lowest BCUT2D eigenvalue weighted by Gasteiger charge is -2.13. The van der Waals surface area contributed by atoms with Crippen LogP contribution in [0.3, 0.4) is 0 Å². The maximum absolute atomic E-state index is 5.56. The molecule has 1 aliphatic rings. The minimum Gasteiger partial charge on any atom is -0.492 e. The van der Waals surface area contributed by atoms with E-state index in [1.807, 2.05) is 36.2 Å². The third-order valence-corrected chi connectivity index (χ3v) is 3.44. The Morgan fingerprint density at radius 2 is 2.20 bits per heavy atom. The summed E-state index contributed by atoms with van der Waals surface area (Å²) in [5, 5.41) is 0. The van der Waals surface area contributed by atoms with E-state index >= 15 is 0 Å². The fourth-order valence-corrected chi connectivity index (χ4v) is 2.53. The second kappa shape index (κ2) is 6.03. The lowest BCUT2D eigenvalue weighted by molar-refractivity contribution is 0.342. The zero-order valence-corrected chi connectivity index (χ0v) is 9.63. The summed E-state index contributed by atoms with van der Waals surface area (Å²) in [6, 6.07) is 10.8. The molecule has 1 saturated heterocycles. The first kappa shape index (κ1) is 10.8. The average Bonchev–Trinajstić information content (AvgIpc) is 2.79. The first-order chi connectivity index (χ1) is 7.45. The van der Waals surface area contributed by atoms with Crippen LogP contribution < -0.4 is 4.74 Å². The molecule has 0 atom stereocenters. The van der Waals surface area contributed by atoms with Gasteiger partial charge in [-0.15, -0.1) is 0 Å². The number of benzene rings is 1. The summed E-state index contributed by atoms with van der Waals surface area (Å²) in [7, 11) is 0. The molecule has 0 unspecified atom stereocenters. The highest BCUT2D eigenvalue weighted by atomic mass is 32.2. The Labute approximate surface area is 95.7 Å². The minimum absolute atomic E-state index is 0.766. The molecule has 0 aromatic heterocycles. The normalized spacial score (nSPS) is 16.8. The molecule has 1 radical (unpaired) electrons. The van der Waals surface area contributed by atoms with Gasteiger partial charge in [0.15, 0.2) is 0 Å². The number of hydrogen-bond donors (Lipinski definition) is 0. The average molecular weight is 222 g/mol. The molecule has 0 amide bonds. The molecule has 1 aliphatic heterocycles. The zero-order valence-electron chi connectivity index (χ0n) is 8.82. The molecule has 81 valence electrons. The van der Waals surface area contributed by atoms with E-state index in [1.165, 1.54) is 25.9 Å². The van der Waals surface area contributed by atoms with E-state index in [4.69, 9.17) is 4.74 Å². The maximum atomic E-state index is 5.56. The van der Waals surface area contributed by atoms with Crippen LogP contribution in [-0.2, 0) is 0 Å². The van der Waals surface area contributed by atoms with E-state index in [0.717, 1.165) is 18.1 Å². The highest BCUT2D eigenvalue weighted by molar-refractivity contribution is 7.97. The lowest BCUT2D eigenvalue weighted by Crippen LogP contribution is -2.12. The smallest absolute Gasteiger partial charge is 0.127 e. The minimum atomic E-state index is 0.766. The number of para-hydroxylation sites is 1. The molecule has 15 heavy (non-hydrogen) atoms. The van der Waals surface area contributed by atoms with E-state index in [-0.39, 0.29) is 0 Å². The van der Waals surface area contributed by atoms with Crippen LogP contribution in [0.5, 0.6) is 5.75 Å². The number of nitrogens with zero attached hydrogens (tertiary/aromatic N) is 1. The Kier molecular flexibility index (Phi) is 4.36. The molecule has 0 aliphatic carbocycles. The van der Waals surface area contributed by atoms with Gasteiger partial charge in [-0.1, -0.05) is 30.1 Å². The van der Waals surface area contributed by atoms with Gasteiger partial charge < -0.3 is 4.74 Å². The van der Waals surface area contributed by atoms with Crippen molar-refractivity contribution >= 4 is 11.9 Å². The van der Waals surface area contributed by atoms with Crippen molar-refractivity contribution in [3.05, 3.63) is 30.3 Å². The van der Waals surface area contributed by atoms with Gasteiger partial charge in [0.25, 0.3) is 0 Å². The summed E-state index contributed by atoms with van der Waals surface area (Å²) >= 11 is 1.90. The van der Waals surface area contributed by atoms with Gasteiger partial charge >= 0.3 is 0 Å². The van der Waals surface area contributed by atoms with Crippen LogP contribution in [0.15, 0.2) is 24.3 Å². The van der Waals surface area contributed by atoms with Crippen molar-refractivity contribution in [2.45, 2.75) is 12.8 Å². The largest absolute Gasteiger partial charge is 0.492 e. The first-order valence-electron chi connectivity index (χ1n) is 5.42. The molecule has 2 nitrogen and oxygen atoms in total. The van der Waals surface area contributed by atoms with Crippen LogP contribution >= 0.6 is 11.9 Å². The standard InChI is InChI=1S/C12H16NOS/c1-2-6-12(7-3-1)14-10-11-15-13-8-4-5-9-13/h1-3,6H,4-5,8-11H2. The van der Waals surface area contributed by atoms with Crippen molar-refractivity contribution in [1.82, 2.24) is 4.31 Å². The highest BCUT2D eigenvalue weighted by Crippen LogP contribution is 2.18. The van der Waals surface area contributed by atoms with E-state index in [2.05, 4.69) is 10.4 Å². The fraction of sp³-hybridized carbons (Fsp3) is 0.500. The molecule has 2 rings (SSSR count). The van der Waals surface area contributed by atoms with Crippen molar-refractivity contribution in [3.8, 4) is 5.75 Å². The summed E-state index contributed by atoms with van der Waals surface area (Å²) in [5.74, 6) is 1.88. The van der Waals surface area contributed by atoms with E-state index in [0.29, 0.717) is 0 Å². The van der Waals surface area contributed by atoms with Gasteiger partial charge in [-0.2, -0.15) is 0 Å². The van der Waals surface area contributed by atoms with E-state index < -0.39 is 0 Å². The molecule has 1 fully saturated rings. The second-order valence-corrected chi connectivity index (χ2v) is 4.73. The molecule has 0 spiro atoms. The summed E-state index contributed by atoms with van der Waals surface area (Å²) in [6.07, 6.45) is 2.70. The topological polar surface area (TPSA) is 12.5 Å². The molecule has 1 heterocycles. The summed E-state index contributed by atoms with van der Waals surface area (Å²) in [4.78, 5) is 0. The van der Waals surface area contributed by atoms with Gasteiger partial charge in [0.05, 0.1) is 6.61 Å². The predicted molar refractivity (Wildman–Crippen MR) is 64.0 cm³/mol. The number of rotatable bonds is 5. The van der Waals surface area contributed by atoms with Crippen molar-refractivity contribution < 1.29 is 4.74 Å². The van der Waals surface area contributed by atoms with Crippen molar-refractivity contribution in [2.75, 3.05) is 25.4 Å². The van der Waals surface area contributed by atoms with Gasteiger partial charge in [0.1, 0.15) is 5.75 Å². The van der Waals surface area contributed by atoms with Crippen LogP contribution in [0.25, 0.3) is 0 Å². The lowest BCUT2D eigenvalue weighted by atomic mass is 10.3. The Balaban J connectivity index is 1.59. The van der Waals surface area contributed by atoms with Gasteiger partial charge in [-0.3, -0.25) is 4.31 Å². The predicted octanol–water partition coefficient (Wildman–Crippen LogP) is 2.61. The third kappa shape index (κ3) is 3.76. The molecule has 3 heteroatoms. The van der Waals surface area contributed by atoms with Crippen LogP contribution in [0.2, 0.25) is 0 Å². The first-order valence-corrected chi connectivity index (χ1v) is 6.37. The zero-order chi connectivity index (χ0) is 10.3. The van der Waals surface area contributed by atoms with Gasteiger partial charge in [-0.25, -0.2) is 0 Å². The fourth-order valence-electron chi connectivity index (χ4n) is 1.60. The SMILES string of the molecule is [c]1ccccc1OCCSN1CCCC1. The molecular weight excluding hydrogens is 206 g/mol. The van der Waals surface area contributed by atoms with Crippen molar-refractivity contribution in [3.63, 3.8) is 0 Å². The Bertz CT molecular complexity index is 272. The molecule has 0 saturated carbocycles. The van der Waals surface area contributed by atoms with Gasteiger partial charge in [-0.05, 0) is 18.9 Å². The quantitative estimate of drug-likeness (QED) is 0.561. The third-order valence-electron chi connectivity index (χ3n) is 2.36. The van der Waals surface area contributed by atoms with Crippen molar-refractivity contribution in [1.29, 1.82) is 0 Å². The Morgan fingerprint density at radius 3 is 2.93 bits per heavy atom. The summed E-state index contributed by atoms with van der Waals surface area (Å²) in [5.41, 5.74) is 0. The number of hydrogen-bond acceptors (Lipinski definition) is 3. The van der Waals surface area contributed by atoms with Gasteiger partial charge in [0.2, 0.25) is 0 Å². The van der Waals surface area contributed by atoms with Crippen LogP contribution in [0.4, 0.5) is 0 Å². The molecule has 1 aromatic rings. The Hall–Kier alpha value is -0.670. The van der Waals surface area contributed by atoms with Crippen LogP contribution in [-0.4, -0.2) is 29.8 Å². The number of ether oxygens (including phenoxy) is 1. The molecule has 0 N–H and O–H groups in total. The van der Waals surface area contributed by atoms with E-state index in [9.17, 15) is 0 Å². The van der Waals surface area contributed by atoms with Gasteiger partial charge in [0, 0.05) is 24.9 Å². The highest BCUT2D eigenvalue weighted by Gasteiger charge is 2.10. The van der Waals surface area contributed by atoms with Crippen molar-refractivity contribution in [2.24, 2.45) is 0 Å². The monoisotopic (exact) mass is 222 g/mol. The summed E-state index contributed by atoms with van der Waals surface area (Å²) < 4.78 is 7.99. The maximum Gasteiger partial charge on any atom is 0.127 e. The van der Waals surface area contributed by atoms with Crippen LogP contribution in [0.1, 0.15) is 12.8 Å². The Morgan fingerprint density at radius 1 is 1.33 bits per heavy atom. The molecule has 0 bridgehead atoms. The molecule has 1 aromatic carbocycles. The van der Waals surface area contributed by atoms with E-state index in [1.54, 1.807) is 0 Å². The summed E-state index contributed by atoms with van der Waals surface area (Å²) in [6.45, 7) is 3.24.